The number of piperidine rings is 1. The maximum Gasteiger partial charge on any atom is 0.119 e. The van der Waals surface area contributed by atoms with Crippen LogP contribution >= 0.6 is 0 Å². The maximum atomic E-state index is 8.93. The van der Waals surface area contributed by atoms with E-state index in [2.05, 4.69) is 36.5 Å². The Labute approximate surface area is 168 Å². The molecule has 4 rings (SSSR count). The Morgan fingerprint density at radius 3 is 2.64 bits per heavy atom. The third kappa shape index (κ3) is 4.59. The summed E-state index contributed by atoms with van der Waals surface area (Å²) < 4.78 is 12.0. The molecule has 1 unspecified atom stereocenters. The summed E-state index contributed by atoms with van der Waals surface area (Å²) in [6, 6.07) is 9.54. The predicted molar refractivity (Wildman–Crippen MR) is 110 cm³/mol. The lowest BCUT2D eigenvalue weighted by Gasteiger charge is -2.44. The summed E-state index contributed by atoms with van der Waals surface area (Å²) in [5.41, 5.74) is 0.809. The molecule has 0 bridgehead atoms. The lowest BCUT2D eigenvalue weighted by Crippen LogP contribution is -2.46. The molecular weight excluding hydrogens is 348 g/mol. The van der Waals surface area contributed by atoms with Crippen molar-refractivity contribution in [3.05, 3.63) is 53.8 Å². The van der Waals surface area contributed by atoms with Crippen molar-refractivity contribution in [2.75, 3.05) is 26.3 Å². The molecule has 148 valence electrons. The Hall–Kier alpha value is -2.25. The number of hydrogen-bond acceptors (Lipinski definition) is 4. The molecule has 4 nitrogen and oxygen atoms in total. The molecule has 1 aromatic carbocycles. The molecule has 1 aliphatic heterocycles. The second-order valence-electron chi connectivity index (χ2n) is 8.71. The molecule has 28 heavy (non-hydrogen) atoms. The Balaban J connectivity index is 1.36. The average Bonchev–Trinajstić information content (AvgIpc) is 3.57. The molecule has 0 radical (unpaired) electrons. The standard InChI is InChI=1S/C24H30N2O2/c1-24(11-8-22(9-12-24)27-16-19-2-3-19)23-10-13-26-15-20(23)17-28-21-6-4-18(14-25)5-7-21/h4-9,11,19-20,23,26H,2-3,10,12-13,15-17H2,1H3/t20-,23+,24?/m1/s1. The first-order valence-electron chi connectivity index (χ1n) is 10.5. The predicted octanol–water partition coefficient (Wildman–Crippen LogP) is 4.44. The third-order valence-corrected chi connectivity index (χ3v) is 6.46. The first kappa shape index (κ1) is 19.1. The van der Waals surface area contributed by atoms with Gasteiger partial charge in [-0.2, -0.15) is 5.26 Å². The fraction of sp³-hybridized carbons (Fsp3) is 0.542. The van der Waals surface area contributed by atoms with Gasteiger partial charge < -0.3 is 14.8 Å². The number of ether oxygens (including phenoxy) is 2. The molecule has 1 N–H and O–H groups in total. The third-order valence-electron chi connectivity index (χ3n) is 6.46. The molecule has 0 amide bonds. The molecule has 1 aromatic rings. The smallest absolute Gasteiger partial charge is 0.119 e. The highest BCUT2D eigenvalue weighted by Gasteiger charge is 2.39. The highest BCUT2D eigenvalue weighted by atomic mass is 16.5. The van der Waals surface area contributed by atoms with Crippen LogP contribution in [-0.2, 0) is 4.74 Å². The van der Waals surface area contributed by atoms with E-state index in [0.29, 0.717) is 24.0 Å². The minimum atomic E-state index is 0.146. The molecule has 2 fully saturated rings. The number of benzene rings is 1. The molecule has 3 aliphatic rings. The Morgan fingerprint density at radius 1 is 1.14 bits per heavy atom. The van der Waals surface area contributed by atoms with E-state index < -0.39 is 0 Å². The summed E-state index contributed by atoms with van der Waals surface area (Å²) in [5.74, 6) is 3.70. The van der Waals surface area contributed by atoms with Gasteiger partial charge in [-0.15, -0.1) is 0 Å². The lowest BCUT2D eigenvalue weighted by molar-refractivity contribution is 0.0841. The Morgan fingerprint density at radius 2 is 1.96 bits per heavy atom. The molecule has 2 aliphatic carbocycles. The summed E-state index contributed by atoms with van der Waals surface area (Å²) in [6.07, 6.45) is 11.7. The monoisotopic (exact) mass is 378 g/mol. The van der Waals surface area contributed by atoms with Crippen molar-refractivity contribution in [1.82, 2.24) is 5.32 Å². The number of hydrogen-bond donors (Lipinski definition) is 1. The van der Waals surface area contributed by atoms with Crippen LogP contribution in [0.1, 0.15) is 38.2 Å². The largest absolute Gasteiger partial charge is 0.494 e. The van der Waals surface area contributed by atoms with Gasteiger partial charge in [-0.3, -0.25) is 0 Å². The molecular formula is C24H30N2O2. The van der Waals surface area contributed by atoms with Crippen LogP contribution in [-0.4, -0.2) is 26.3 Å². The van der Waals surface area contributed by atoms with Crippen molar-refractivity contribution < 1.29 is 9.47 Å². The summed E-state index contributed by atoms with van der Waals surface area (Å²) in [4.78, 5) is 0. The molecule has 3 atom stereocenters. The van der Waals surface area contributed by atoms with E-state index in [1.165, 1.54) is 12.8 Å². The van der Waals surface area contributed by atoms with E-state index in [1.54, 1.807) is 0 Å². The van der Waals surface area contributed by atoms with E-state index in [4.69, 9.17) is 14.7 Å². The van der Waals surface area contributed by atoms with Crippen LogP contribution in [0.5, 0.6) is 5.75 Å². The highest BCUT2D eigenvalue weighted by molar-refractivity contribution is 5.34. The fourth-order valence-electron chi connectivity index (χ4n) is 4.40. The van der Waals surface area contributed by atoms with Crippen LogP contribution < -0.4 is 10.1 Å². The van der Waals surface area contributed by atoms with Gasteiger partial charge >= 0.3 is 0 Å². The first-order valence-corrected chi connectivity index (χ1v) is 10.5. The van der Waals surface area contributed by atoms with Crippen molar-refractivity contribution >= 4 is 0 Å². The molecule has 0 aromatic heterocycles. The van der Waals surface area contributed by atoms with Crippen LogP contribution in [0.3, 0.4) is 0 Å². The second-order valence-corrected chi connectivity index (χ2v) is 8.71. The van der Waals surface area contributed by atoms with Crippen molar-refractivity contribution in [1.29, 1.82) is 5.26 Å². The van der Waals surface area contributed by atoms with E-state index in [-0.39, 0.29) is 5.41 Å². The van der Waals surface area contributed by atoms with Crippen LogP contribution in [0.2, 0.25) is 0 Å². The summed E-state index contributed by atoms with van der Waals surface area (Å²) >= 11 is 0. The quantitative estimate of drug-likeness (QED) is 0.762. The minimum absolute atomic E-state index is 0.146. The van der Waals surface area contributed by atoms with Gasteiger partial charge in [0.1, 0.15) is 11.5 Å². The normalized spacial score (nSPS) is 29.6. The first-order chi connectivity index (χ1) is 13.7. The SMILES string of the molecule is CC1([C@H]2CCNC[C@@H]2COc2ccc(C#N)cc2)C=CC(OCC2CC2)=CC1. The zero-order chi connectivity index (χ0) is 19.4. The second kappa shape index (κ2) is 8.41. The highest BCUT2D eigenvalue weighted by Crippen LogP contribution is 2.44. The fourth-order valence-corrected chi connectivity index (χ4v) is 4.40. The van der Waals surface area contributed by atoms with Crippen molar-refractivity contribution in [2.24, 2.45) is 23.2 Å². The molecule has 4 heteroatoms. The summed E-state index contributed by atoms with van der Waals surface area (Å²) in [6.45, 7) is 6.00. The van der Waals surface area contributed by atoms with Gasteiger partial charge in [-0.25, -0.2) is 0 Å². The van der Waals surface area contributed by atoms with Gasteiger partial charge in [-0.05, 0) is 85.9 Å². The van der Waals surface area contributed by atoms with Crippen LogP contribution in [0.15, 0.2) is 48.3 Å². The van der Waals surface area contributed by atoms with Crippen molar-refractivity contribution in [2.45, 2.75) is 32.6 Å². The van der Waals surface area contributed by atoms with E-state index in [9.17, 15) is 0 Å². The van der Waals surface area contributed by atoms with Crippen molar-refractivity contribution in [3.63, 3.8) is 0 Å². The number of rotatable bonds is 7. The van der Waals surface area contributed by atoms with E-state index >= 15 is 0 Å². The van der Waals surface area contributed by atoms with Crippen molar-refractivity contribution in [3.8, 4) is 11.8 Å². The Kier molecular flexibility index (Phi) is 5.73. The number of allylic oxidation sites excluding steroid dienone is 3. The van der Waals surface area contributed by atoms with Gasteiger partial charge in [0.15, 0.2) is 0 Å². The average molecular weight is 379 g/mol. The minimum Gasteiger partial charge on any atom is -0.494 e. The van der Waals surface area contributed by atoms with Gasteiger partial charge in [0.25, 0.3) is 0 Å². The number of nitriles is 1. The topological polar surface area (TPSA) is 54.3 Å². The molecule has 1 heterocycles. The summed E-state index contributed by atoms with van der Waals surface area (Å²) in [5, 5.41) is 12.5. The van der Waals surface area contributed by atoms with E-state index in [0.717, 1.165) is 50.0 Å². The van der Waals surface area contributed by atoms with Crippen LogP contribution in [0, 0.1) is 34.5 Å². The van der Waals surface area contributed by atoms with E-state index in [1.807, 2.05) is 24.3 Å². The molecule has 1 saturated heterocycles. The zero-order valence-electron chi connectivity index (χ0n) is 16.7. The van der Waals surface area contributed by atoms with Crippen LogP contribution in [0.25, 0.3) is 0 Å². The number of nitrogens with zero attached hydrogens (tertiary/aromatic N) is 1. The van der Waals surface area contributed by atoms with Gasteiger partial charge in [-0.1, -0.05) is 13.0 Å². The molecule has 0 spiro atoms. The number of nitrogens with one attached hydrogen (secondary N) is 1. The van der Waals surface area contributed by atoms with Gasteiger partial charge in [0.05, 0.1) is 24.8 Å². The molecule has 1 saturated carbocycles. The maximum absolute atomic E-state index is 8.93. The lowest BCUT2D eigenvalue weighted by atomic mass is 9.65. The van der Waals surface area contributed by atoms with Gasteiger partial charge in [0.2, 0.25) is 0 Å². The zero-order valence-corrected chi connectivity index (χ0v) is 16.7. The van der Waals surface area contributed by atoms with Crippen LogP contribution in [0.4, 0.5) is 0 Å². The summed E-state index contributed by atoms with van der Waals surface area (Å²) in [7, 11) is 0. The Bertz CT molecular complexity index is 773. The van der Waals surface area contributed by atoms with Gasteiger partial charge in [0, 0.05) is 12.5 Å².